The van der Waals surface area contributed by atoms with Gasteiger partial charge in [-0.2, -0.15) is 0 Å². The molecule has 1 aliphatic heterocycles. The second-order valence-electron chi connectivity index (χ2n) is 5.82. The van der Waals surface area contributed by atoms with E-state index in [1.54, 1.807) is 23.1 Å². The van der Waals surface area contributed by atoms with Crippen LogP contribution in [0.1, 0.15) is 12.0 Å². The van der Waals surface area contributed by atoms with E-state index in [4.69, 9.17) is 6.42 Å². The van der Waals surface area contributed by atoms with Crippen molar-refractivity contribution in [3.63, 3.8) is 0 Å². The lowest BCUT2D eigenvalue weighted by molar-refractivity contribution is -0.125. The minimum atomic E-state index is -0.303. The molecule has 6 heteroatoms. The van der Waals surface area contributed by atoms with Crippen molar-refractivity contribution < 1.29 is 14.0 Å². The summed E-state index contributed by atoms with van der Waals surface area (Å²) in [5.74, 6) is 1.88. The highest BCUT2D eigenvalue weighted by molar-refractivity contribution is 5.91. The molecule has 1 saturated heterocycles. The van der Waals surface area contributed by atoms with Crippen LogP contribution in [-0.4, -0.2) is 60.9 Å². The fraction of sp³-hybridized carbons (Fsp3) is 0.368. The summed E-state index contributed by atoms with van der Waals surface area (Å²) in [6.45, 7) is 3.12. The average molecular weight is 343 g/mol. The number of hydrogen-bond acceptors (Lipinski definition) is 3. The SMILES string of the molecule is C#CCNC(=O)CN1CCCN(C(=O)/C=C/c2ccc(F)cc2)CC1. The van der Waals surface area contributed by atoms with Crippen LogP contribution in [0.3, 0.4) is 0 Å². The molecule has 0 bridgehead atoms. The minimum Gasteiger partial charge on any atom is -0.344 e. The number of carbonyl (C=O) groups is 2. The molecule has 1 aliphatic rings. The number of benzene rings is 1. The van der Waals surface area contributed by atoms with Crippen LogP contribution in [0.2, 0.25) is 0 Å². The molecule has 0 saturated carbocycles. The molecule has 0 aliphatic carbocycles. The van der Waals surface area contributed by atoms with Crippen LogP contribution in [0.15, 0.2) is 30.3 Å². The Balaban J connectivity index is 1.83. The quantitative estimate of drug-likeness (QED) is 0.644. The van der Waals surface area contributed by atoms with Crippen molar-refractivity contribution in [2.45, 2.75) is 6.42 Å². The summed E-state index contributed by atoms with van der Waals surface area (Å²) < 4.78 is 12.9. The smallest absolute Gasteiger partial charge is 0.246 e. The lowest BCUT2D eigenvalue weighted by Gasteiger charge is -2.20. The fourth-order valence-corrected chi connectivity index (χ4v) is 2.60. The van der Waals surface area contributed by atoms with E-state index in [1.165, 1.54) is 18.2 Å². The maximum atomic E-state index is 12.9. The molecular formula is C19H22FN3O2. The molecule has 1 aromatic rings. The van der Waals surface area contributed by atoms with Gasteiger partial charge in [0.15, 0.2) is 0 Å². The molecule has 5 nitrogen and oxygen atoms in total. The maximum absolute atomic E-state index is 12.9. The first-order chi connectivity index (χ1) is 12.1. The number of hydrogen-bond donors (Lipinski definition) is 1. The van der Waals surface area contributed by atoms with Gasteiger partial charge in [-0.25, -0.2) is 4.39 Å². The number of nitrogens with zero attached hydrogens (tertiary/aromatic N) is 2. The highest BCUT2D eigenvalue weighted by atomic mass is 19.1. The minimum absolute atomic E-state index is 0.0806. The van der Waals surface area contributed by atoms with E-state index in [1.807, 2.05) is 4.90 Å². The van der Waals surface area contributed by atoms with Crippen molar-refractivity contribution in [2.75, 3.05) is 39.3 Å². The van der Waals surface area contributed by atoms with Gasteiger partial charge >= 0.3 is 0 Å². The second kappa shape index (κ2) is 9.60. The molecule has 2 amide bonds. The molecule has 1 fully saturated rings. The standard InChI is InChI=1S/C19H22FN3O2/c1-2-10-21-18(24)15-22-11-3-12-23(14-13-22)19(25)9-6-16-4-7-17(20)8-5-16/h1,4-9H,3,10-15H2,(H,21,24)/b9-6+. The Kier molecular flexibility index (Phi) is 7.17. The van der Waals surface area contributed by atoms with Gasteiger partial charge in [0.25, 0.3) is 0 Å². The number of amides is 2. The van der Waals surface area contributed by atoms with Crippen LogP contribution in [0.4, 0.5) is 4.39 Å². The molecule has 0 spiro atoms. The average Bonchev–Trinajstić information content (AvgIpc) is 2.85. The number of terminal acetylenes is 1. The largest absolute Gasteiger partial charge is 0.344 e. The van der Waals surface area contributed by atoms with E-state index >= 15 is 0 Å². The van der Waals surface area contributed by atoms with Crippen molar-refractivity contribution in [3.8, 4) is 12.3 Å². The van der Waals surface area contributed by atoms with E-state index in [0.29, 0.717) is 19.6 Å². The third kappa shape index (κ3) is 6.40. The molecule has 0 aromatic heterocycles. The predicted molar refractivity (Wildman–Crippen MR) is 94.9 cm³/mol. The Labute approximate surface area is 147 Å². The number of carbonyl (C=O) groups excluding carboxylic acids is 2. The molecule has 25 heavy (non-hydrogen) atoms. The first-order valence-corrected chi connectivity index (χ1v) is 8.23. The third-order valence-electron chi connectivity index (χ3n) is 3.94. The monoisotopic (exact) mass is 343 g/mol. The van der Waals surface area contributed by atoms with Gasteiger partial charge < -0.3 is 10.2 Å². The van der Waals surface area contributed by atoms with Gasteiger partial charge in [0.05, 0.1) is 13.1 Å². The van der Waals surface area contributed by atoms with E-state index in [0.717, 1.165) is 18.5 Å². The van der Waals surface area contributed by atoms with Gasteiger partial charge in [-0.3, -0.25) is 14.5 Å². The van der Waals surface area contributed by atoms with Crippen molar-refractivity contribution in [1.29, 1.82) is 0 Å². The van der Waals surface area contributed by atoms with Crippen LogP contribution >= 0.6 is 0 Å². The van der Waals surface area contributed by atoms with Crippen molar-refractivity contribution in [3.05, 3.63) is 41.7 Å². The first-order valence-electron chi connectivity index (χ1n) is 8.23. The zero-order valence-corrected chi connectivity index (χ0v) is 14.1. The van der Waals surface area contributed by atoms with Crippen molar-refractivity contribution in [1.82, 2.24) is 15.1 Å². The zero-order valence-electron chi connectivity index (χ0n) is 14.1. The van der Waals surface area contributed by atoms with E-state index < -0.39 is 0 Å². The molecular weight excluding hydrogens is 321 g/mol. The van der Waals surface area contributed by atoms with Crippen LogP contribution in [-0.2, 0) is 9.59 Å². The zero-order chi connectivity index (χ0) is 18.1. The van der Waals surface area contributed by atoms with Gasteiger partial charge in [-0.05, 0) is 30.2 Å². The van der Waals surface area contributed by atoms with Crippen molar-refractivity contribution >= 4 is 17.9 Å². The summed E-state index contributed by atoms with van der Waals surface area (Å²) in [5.41, 5.74) is 0.774. The number of rotatable bonds is 5. The molecule has 0 atom stereocenters. The van der Waals surface area contributed by atoms with Crippen LogP contribution in [0.25, 0.3) is 6.08 Å². The Morgan fingerprint density at radius 1 is 1.20 bits per heavy atom. The summed E-state index contributed by atoms with van der Waals surface area (Å²) in [6.07, 6.45) is 9.10. The highest BCUT2D eigenvalue weighted by Gasteiger charge is 2.19. The van der Waals surface area contributed by atoms with Gasteiger partial charge in [-0.1, -0.05) is 18.1 Å². The lowest BCUT2D eigenvalue weighted by Crippen LogP contribution is -2.39. The van der Waals surface area contributed by atoms with E-state index in [-0.39, 0.29) is 30.7 Å². The highest BCUT2D eigenvalue weighted by Crippen LogP contribution is 2.07. The Morgan fingerprint density at radius 2 is 1.96 bits per heavy atom. The fourth-order valence-electron chi connectivity index (χ4n) is 2.60. The topological polar surface area (TPSA) is 52.7 Å². The molecule has 0 radical (unpaired) electrons. The third-order valence-corrected chi connectivity index (χ3v) is 3.94. The van der Waals surface area contributed by atoms with Crippen LogP contribution in [0.5, 0.6) is 0 Å². The summed E-state index contributed by atoms with van der Waals surface area (Å²) in [7, 11) is 0. The van der Waals surface area contributed by atoms with E-state index in [2.05, 4.69) is 11.2 Å². The normalized spacial score (nSPS) is 15.6. The first kappa shape index (κ1) is 18.7. The summed E-state index contributed by atoms with van der Waals surface area (Å²) in [5, 5.41) is 2.64. The van der Waals surface area contributed by atoms with Gasteiger partial charge in [0, 0.05) is 32.3 Å². The van der Waals surface area contributed by atoms with Gasteiger partial charge in [-0.15, -0.1) is 6.42 Å². The second-order valence-corrected chi connectivity index (χ2v) is 5.82. The van der Waals surface area contributed by atoms with Gasteiger partial charge in [0.1, 0.15) is 5.82 Å². The Hall–Kier alpha value is -2.65. The summed E-state index contributed by atoms with van der Waals surface area (Å²) in [6, 6.07) is 5.97. The number of nitrogens with one attached hydrogen (secondary N) is 1. The van der Waals surface area contributed by atoms with Crippen LogP contribution in [0, 0.1) is 18.2 Å². The predicted octanol–water partition coefficient (Wildman–Crippen LogP) is 1.12. The summed E-state index contributed by atoms with van der Waals surface area (Å²) in [4.78, 5) is 27.8. The summed E-state index contributed by atoms with van der Waals surface area (Å²) >= 11 is 0. The van der Waals surface area contributed by atoms with Crippen molar-refractivity contribution in [2.24, 2.45) is 0 Å². The van der Waals surface area contributed by atoms with E-state index in [9.17, 15) is 14.0 Å². The lowest BCUT2D eigenvalue weighted by atomic mass is 10.2. The molecule has 1 N–H and O–H groups in total. The molecule has 0 unspecified atom stereocenters. The van der Waals surface area contributed by atoms with Gasteiger partial charge in [0.2, 0.25) is 11.8 Å². The number of halogens is 1. The molecule has 132 valence electrons. The van der Waals surface area contributed by atoms with Crippen LogP contribution < -0.4 is 5.32 Å². The Morgan fingerprint density at radius 3 is 2.68 bits per heavy atom. The maximum Gasteiger partial charge on any atom is 0.246 e. The molecule has 2 rings (SSSR count). The molecule has 1 aromatic carbocycles. The molecule has 1 heterocycles. The Bertz CT molecular complexity index is 664.